The molecule has 0 bridgehead atoms. The van der Waals surface area contributed by atoms with Crippen molar-refractivity contribution < 1.29 is 13.9 Å². The van der Waals surface area contributed by atoms with E-state index in [9.17, 15) is 9.18 Å². The molecule has 1 unspecified atom stereocenters. The summed E-state index contributed by atoms with van der Waals surface area (Å²) in [6.45, 7) is 1.78. The molecule has 2 nitrogen and oxygen atoms in total. The number of ketones is 1. The first-order valence-corrected chi connectivity index (χ1v) is 4.50. The summed E-state index contributed by atoms with van der Waals surface area (Å²) in [5, 5.41) is 0. The van der Waals surface area contributed by atoms with Crippen LogP contribution in [0.5, 0.6) is 0 Å². The van der Waals surface area contributed by atoms with Crippen molar-refractivity contribution >= 4 is 5.78 Å². The highest BCUT2D eigenvalue weighted by molar-refractivity contribution is 5.84. The lowest BCUT2D eigenvalue weighted by Gasteiger charge is -2.13. The molecule has 0 spiro atoms. The van der Waals surface area contributed by atoms with Crippen molar-refractivity contribution in [3.63, 3.8) is 0 Å². The summed E-state index contributed by atoms with van der Waals surface area (Å²) in [6, 6.07) is 5.78. The van der Waals surface area contributed by atoms with Gasteiger partial charge in [0.1, 0.15) is 11.9 Å². The molecule has 0 heterocycles. The van der Waals surface area contributed by atoms with Crippen molar-refractivity contribution in [1.82, 2.24) is 0 Å². The molecule has 0 saturated heterocycles. The Balaban J connectivity index is 2.89. The molecule has 1 rings (SSSR count). The quantitative estimate of drug-likeness (QED) is 0.739. The molecule has 1 atom stereocenters. The zero-order valence-corrected chi connectivity index (χ0v) is 8.29. The maximum atomic E-state index is 12.6. The molecule has 1 aromatic rings. The third-order valence-electron chi connectivity index (χ3n) is 2.05. The van der Waals surface area contributed by atoms with Gasteiger partial charge in [-0.25, -0.2) is 4.39 Å². The highest BCUT2D eigenvalue weighted by Crippen LogP contribution is 2.19. The van der Waals surface area contributed by atoms with Crippen LogP contribution in [-0.2, 0) is 9.53 Å². The molecule has 0 aliphatic carbocycles. The average Bonchev–Trinajstić information content (AvgIpc) is 2.21. The van der Waals surface area contributed by atoms with Gasteiger partial charge in [0.2, 0.25) is 0 Å². The zero-order chi connectivity index (χ0) is 10.6. The monoisotopic (exact) mass is 196 g/mol. The summed E-state index contributed by atoms with van der Waals surface area (Å²) >= 11 is 0. The fraction of sp³-hybridized carbons (Fsp3) is 0.364. The van der Waals surface area contributed by atoms with Crippen LogP contribution in [0.4, 0.5) is 4.39 Å². The number of Topliss-reactive ketones (excluding diaryl/α,β-unsaturated/α-hetero) is 1. The minimum atomic E-state index is -0.569. The largest absolute Gasteiger partial charge is 0.369 e. The van der Waals surface area contributed by atoms with E-state index < -0.39 is 6.10 Å². The van der Waals surface area contributed by atoms with Gasteiger partial charge in [-0.3, -0.25) is 4.79 Å². The highest BCUT2D eigenvalue weighted by Gasteiger charge is 2.17. The summed E-state index contributed by atoms with van der Waals surface area (Å²) < 4.78 is 17.7. The van der Waals surface area contributed by atoms with Gasteiger partial charge in [0, 0.05) is 13.5 Å². The summed E-state index contributed by atoms with van der Waals surface area (Å²) in [5.74, 6) is -0.313. The lowest BCUT2D eigenvalue weighted by atomic mass is 10.0. The van der Waals surface area contributed by atoms with Crippen LogP contribution in [0.1, 0.15) is 25.0 Å². The maximum Gasteiger partial charge on any atom is 0.165 e. The molecule has 0 aliphatic heterocycles. The lowest BCUT2D eigenvalue weighted by Crippen LogP contribution is -2.13. The fourth-order valence-electron chi connectivity index (χ4n) is 1.28. The van der Waals surface area contributed by atoms with Crippen molar-refractivity contribution in [3.8, 4) is 0 Å². The smallest absolute Gasteiger partial charge is 0.165 e. The summed E-state index contributed by atoms with van der Waals surface area (Å²) in [4.78, 5) is 11.4. The van der Waals surface area contributed by atoms with E-state index in [1.54, 1.807) is 19.1 Å². The van der Waals surface area contributed by atoms with Crippen molar-refractivity contribution in [2.75, 3.05) is 7.11 Å². The predicted molar refractivity (Wildman–Crippen MR) is 51.4 cm³/mol. The predicted octanol–water partition coefficient (Wildman–Crippen LogP) is 2.49. The third-order valence-corrected chi connectivity index (χ3v) is 2.05. The summed E-state index contributed by atoms with van der Waals surface area (Å²) in [5.41, 5.74) is 0.695. The Morgan fingerprint density at radius 1 is 1.43 bits per heavy atom. The summed E-state index contributed by atoms with van der Waals surface area (Å²) in [6.07, 6.45) is -0.156. The third kappa shape index (κ3) is 2.39. The van der Waals surface area contributed by atoms with Gasteiger partial charge in [0.25, 0.3) is 0 Å². The number of carbonyl (C=O) groups is 1. The normalized spacial score (nSPS) is 12.5. The summed E-state index contributed by atoms with van der Waals surface area (Å²) in [7, 11) is 1.47. The Morgan fingerprint density at radius 3 is 2.43 bits per heavy atom. The van der Waals surface area contributed by atoms with E-state index in [4.69, 9.17) is 4.74 Å². The molecule has 76 valence electrons. The number of ether oxygens (including phenoxy) is 1. The van der Waals surface area contributed by atoms with Gasteiger partial charge in [-0.2, -0.15) is 0 Å². The van der Waals surface area contributed by atoms with E-state index in [0.29, 0.717) is 12.0 Å². The Bertz CT molecular complexity index is 306. The minimum absolute atomic E-state index is 0.000826. The van der Waals surface area contributed by atoms with Crippen molar-refractivity contribution in [2.45, 2.75) is 19.4 Å². The first-order chi connectivity index (χ1) is 6.69. The molecular formula is C11H13FO2. The zero-order valence-electron chi connectivity index (χ0n) is 8.29. The molecule has 0 radical (unpaired) electrons. The number of rotatable bonds is 4. The fourth-order valence-corrected chi connectivity index (χ4v) is 1.28. The first-order valence-electron chi connectivity index (χ1n) is 4.50. The molecule has 0 fully saturated rings. The Kier molecular flexibility index (Phi) is 3.77. The van der Waals surface area contributed by atoms with E-state index in [2.05, 4.69) is 0 Å². The number of carbonyl (C=O) groups excluding carboxylic acids is 1. The second-order valence-electron chi connectivity index (χ2n) is 2.99. The molecule has 0 amide bonds. The Morgan fingerprint density at radius 2 is 2.00 bits per heavy atom. The van der Waals surface area contributed by atoms with Crippen LogP contribution in [0.2, 0.25) is 0 Å². The minimum Gasteiger partial charge on any atom is -0.369 e. The molecule has 0 aliphatic rings. The van der Waals surface area contributed by atoms with Gasteiger partial charge >= 0.3 is 0 Å². The number of benzene rings is 1. The Labute approximate surface area is 82.7 Å². The molecule has 1 aromatic carbocycles. The molecule has 0 aromatic heterocycles. The van der Waals surface area contributed by atoms with E-state index in [0.717, 1.165) is 0 Å². The van der Waals surface area contributed by atoms with Crippen molar-refractivity contribution in [3.05, 3.63) is 35.6 Å². The van der Waals surface area contributed by atoms with Crippen LogP contribution < -0.4 is 0 Å². The Hall–Kier alpha value is -1.22. The van der Waals surface area contributed by atoms with Crippen LogP contribution >= 0.6 is 0 Å². The number of methoxy groups -OCH3 is 1. The van der Waals surface area contributed by atoms with Crippen LogP contribution in [0, 0.1) is 5.82 Å². The van der Waals surface area contributed by atoms with E-state index in [1.165, 1.54) is 19.2 Å². The van der Waals surface area contributed by atoms with Crippen LogP contribution in [0.15, 0.2) is 24.3 Å². The van der Waals surface area contributed by atoms with Gasteiger partial charge < -0.3 is 4.74 Å². The van der Waals surface area contributed by atoms with E-state index in [-0.39, 0.29) is 11.6 Å². The van der Waals surface area contributed by atoms with Crippen LogP contribution in [0.3, 0.4) is 0 Å². The molecular weight excluding hydrogens is 183 g/mol. The van der Waals surface area contributed by atoms with Crippen LogP contribution in [-0.4, -0.2) is 12.9 Å². The SMILES string of the molecule is CCC(=O)C(OC)c1ccc(F)cc1. The van der Waals surface area contributed by atoms with Crippen molar-refractivity contribution in [2.24, 2.45) is 0 Å². The van der Waals surface area contributed by atoms with Gasteiger partial charge in [0.05, 0.1) is 0 Å². The maximum absolute atomic E-state index is 12.6. The van der Waals surface area contributed by atoms with Crippen molar-refractivity contribution in [1.29, 1.82) is 0 Å². The molecule has 0 saturated carbocycles. The van der Waals surface area contributed by atoms with Gasteiger partial charge in [-0.15, -0.1) is 0 Å². The van der Waals surface area contributed by atoms with Crippen LogP contribution in [0.25, 0.3) is 0 Å². The molecule has 0 N–H and O–H groups in total. The van der Waals surface area contributed by atoms with E-state index >= 15 is 0 Å². The molecule has 14 heavy (non-hydrogen) atoms. The van der Waals surface area contributed by atoms with Gasteiger partial charge in [-0.1, -0.05) is 19.1 Å². The standard InChI is InChI=1S/C11H13FO2/c1-3-10(13)11(14-2)8-4-6-9(12)7-5-8/h4-7,11H,3H2,1-2H3. The van der Waals surface area contributed by atoms with Gasteiger partial charge in [-0.05, 0) is 17.7 Å². The number of hydrogen-bond acceptors (Lipinski definition) is 2. The second-order valence-corrected chi connectivity index (χ2v) is 2.99. The highest BCUT2D eigenvalue weighted by atomic mass is 19.1. The number of halogens is 1. The molecule has 3 heteroatoms. The van der Waals surface area contributed by atoms with Gasteiger partial charge in [0.15, 0.2) is 5.78 Å². The second kappa shape index (κ2) is 4.86. The first kappa shape index (κ1) is 10.9. The topological polar surface area (TPSA) is 26.3 Å². The lowest BCUT2D eigenvalue weighted by molar-refractivity contribution is -0.128. The van der Waals surface area contributed by atoms with E-state index in [1.807, 2.05) is 0 Å². The number of hydrogen-bond donors (Lipinski definition) is 0. The average molecular weight is 196 g/mol.